The monoisotopic (exact) mass is 528 g/mol. The van der Waals surface area contributed by atoms with Crippen LogP contribution in [0.1, 0.15) is 38.5 Å². The number of aromatic nitrogens is 7. The van der Waals surface area contributed by atoms with Gasteiger partial charge in [-0.15, -0.1) is 0 Å². The molecule has 0 bridgehead atoms. The normalized spacial score (nSPS) is 14.1. The predicted molar refractivity (Wildman–Crippen MR) is 155 cm³/mol. The second kappa shape index (κ2) is 10.3. The molecule has 1 aliphatic carbocycles. The van der Waals surface area contributed by atoms with Crippen LogP contribution in [0.4, 0.5) is 5.69 Å². The summed E-state index contributed by atoms with van der Waals surface area (Å²) in [4.78, 5) is 34.0. The third-order valence-electron chi connectivity index (χ3n) is 7.72. The van der Waals surface area contributed by atoms with Crippen molar-refractivity contribution in [2.45, 2.75) is 38.5 Å². The fourth-order valence-corrected chi connectivity index (χ4v) is 5.70. The molecule has 0 aromatic carbocycles. The summed E-state index contributed by atoms with van der Waals surface area (Å²) in [5.74, 6) is 0.528. The van der Waals surface area contributed by atoms with E-state index in [0.29, 0.717) is 18.0 Å². The van der Waals surface area contributed by atoms with Gasteiger partial charge in [-0.05, 0) is 60.7 Å². The van der Waals surface area contributed by atoms with E-state index in [0.717, 1.165) is 68.6 Å². The Balaban J connectivity index is 1.19. The summed E-state index contributed by atoms with van der Waals surface area (Å²) in [6.07, 6.45) is 17.3. The third-order valence-corrected chi connectivity index (χ3v) is 7.72. The van der Waals surface area contributed by atoms with E-state index in [1.807, 2.05) is 42.7 Å². The van der Waals surface area contributed by atoms with Gasteiger partial charge < -0.3 is 10.3 Å². The van der Waals surface area contributed by atoms with Crippen LogP contribution in [0, 0.1) is 5.92 Å². The van der Waals surface area contributed by atoms with Crippen molar-refractivity contribution in [2.75, 3.05) is 5.32 Å². The highest BCUT2D eigenvalue weighted by atomic mass is 16.1. The Bertz CT molecular complexity index is 1820. The molecule has 6 heterocycles. The highest BCUT2D eigenvalue weighted by Crippen LogP contribution is 2.34. The van der Waals surface area contributed by atoms with Gasteiger partial charge in [0.15, 0.2) is 0 Å². The summed E-state index contributed by atoms with van der Waals surface area (Å²) >= 11 is 0. The van der Waals surface area contributed by atoms with Crippen LogP contribution in [0.5, 0.6) is 0 Å². The van der Waals surface area contributed by atoms with E-state index in [1.54, 1.807) is 24.8 Å². The van der Waals surface area contributed by atoms with Gasteiger partial charge in [0.1, 0.15) is 11.2 Å². The molecule has 1 aliphatic rings. The smallest absolute Gasteiger partial charge is 0.224 e. The Labute approximate surface area is 230 Å². The third kappa shape index (κ3) is 4.70. The number of nitrogens with zero attached hydrogens (tertiary/aromatic N) is 5. The van der Waals surface area contributed by atoms with Gasteiger partial charge in [-0.25, -0.2) is 4.98 Å². The molecule has 1 fully saturated rings. The Kier molecular flexibility index (Phi) is 6.24. The van der Waals surface area contributed by atoms with E-state index >= 15 is 0 Å². The molecule has 198 valence electrons. The first-order valence-corrected chi connectivity index (χ1v) is 13.7. The minimum Gasteiger partial charge on any atom is -0.352 e. The number of carbonyl (C=O) groups excluding carboxylic acids is 1. The second-order valence-electron chi connectivity index (χ2n) is 10.5. The highest BCUT2D eigenvalue weighted by molar-refractivity contribution is 6.00. The van der Waals surface area contributed by atoms with E-state index in [4.69, 9.17) is 4.98 Å². The average molecular weight is 529 g/mol. The van der Waals surface area contributed by atoms with Crippen molar-refractivity contribution in [3.8, 4) is 33.8 Å². The predicted octanol–water partition coefficient (Wildman–Crippen LogP) is 6.53. The fourth-order valence-electron chi connectivity index (χ4n) is 5.70. The number of anilines is 1. The number of aromatic amines is 2. The summed E-state index contributed by atoms with van der Waals surface area (Å²) in [6, 6.07) is 11.9. The molecule has 1 amide bonds. The summed E-state index contributed by atoms with van der Waals surface area (Å²) in [5.41, 5.74) is 8.37. The lowest BCUT2D eigenvalue weighted by Crippen LogP contribution is -2.18. The average Bonchev–Trinajstić information content (AvgIpc) is 3.62. The molecule has 0 atom stereocenters. The van der Waals surface area contributed by atoms with Gasteiger partial charge in [-0.1, -0.05) is 19.3 Å². The summed E-state index contributed by atoms with van der Waals surface area (Å²) in [5, 5.41) is 11.8. The summed E-state index contributed by atoms with van der Waals surface area (Å²) < 4.78 is 0. The number of nitrogens with one attached hydrogen (secondary N) is 3. The van der Waals surface area contributed by atoms with Crippen molar-refractivity contribution in [3.63, 3.8) is 0 Å². The number of carbonyl (C=O) groups is 1. The molecule has 6 aromatic rings. The molecular formula is C31H28N8O. The Morgan fingerprint density at radius 2 is 1.73 bits per heavy atom. The van der Waals surface area contributed by atoms with Gasteiger partial charge in [0.05, 0.1) is 40.5 Å². The first-order chi connectivity index (χ1) is 19.7. The van der Waals surface area contributed by atoms with Crippen molar-refractivity contribution in [3.05, 3.63) is 73.6 Å². The molecule has 9 heteroatoms. The molecule has 9 nitrogen and oxygen atoms in total. The lowest BCUT2D eigenvalue weighted by molar-refractivity contribution is -0.117. The van der Waals surface area contributed by atoms with Gasteiger partial charge in [0.25, 0.3) is 0 Å². The standard InChI is InChI=1S/C31H28N8O/c40-29(12-19-4-2-1-3-5-19)35-22-13-21(15-33-16-22)25-6-7-26-30(37-25)31(39-38-26)27-14-23-24(17-34-18-28(23)36-27)20-8-10-32-11-9-20/h6-11,13-19,36H,1-5,12H2,(H,35,40)(H,38,39). The summed E-state index contributed by atoms with van der Waals surface area (Å²) in [6.45, 7) is 0. The zero-order chi connectivity index (χ0) is 26.9. The number of hydrogen-bond acceptors (Lipinski definition) is 6. The quantitative estimate of drug-likeness (QED) is 0.226. The first kappa shape index (κ1) is 24.1. The molecule has 1 saturated carbocycles. The first-order valence-electron chi connectivity index (χ1n) is 13.7. The number of hydrogen-bond donors (Lipinski definition) is 3. The van der Waals surface area contributed by atoms with Crippen LogP contribution in [0.25, 0.3) is 55.7 Å². The van der Waals surface area contributed by atoms with Crippen LogP contribution < -0.4 is 5.32 Å². The van der Waals surface area contributed by atoms with E-state index in [9.17, 15) is 4.79 Å². The number of fused-ring (bicyclic) bond motifs is 2. The maximum atomic E-state index is 12.7. The van der Waals surface area contributed by atoms with Crippen LogP contribution >= 0.6 is 0 Å². The van der Waals surface area contributed by atoms with Gasteiger partial charge in [0, 0.05) is 47.7 Å². The lowest BCUT2D eigenvalue weighted by atomic mass is 9.87. The van der Waals surface area contributed by atoms with Gasteiger partial charge >= 0.3 is 0 Å². The molecule has 6 aromatic heterocycles. The van der Waals surface area contributed by atoms with Crippen LogP contribution in [0.15, 0.2) is 73.6 Å². The van der Waals surface area contributed by atoms with Crippen molar-refractivity contribution < 1.29 is 4.79 Å². The largest absolute Gasteiger partial charge is 0.352 e. The fraction of sp³-hybridized carbons (Fsp3) is 0.226. The number of rotatable bonds is 6. The van der Waals surface area contributed by atoms with Crippen LogP contribution in [0.3, 0.4) is 0 Å². The number of H-pyrrole nitrogens is 2. The molecule has 0 spiro atoms. The van der Waals surface area contributed by atoms with Gasteiger partial charge in [0.2, 0.25) is 5.91 Å². The SMILES string of the molecule is O=C(CC1CCCCC1)Nc1cncc(-c2ccc3[nH]nc(-c4cc5c(-c6ccncc6)cncc5[nH]4)c3n2)c1. The Morgan fingerprint density at radius 3 is 2.60 bits per heavy atom. The molecule has 0 saturated heterocycles. The molecule has 3 N–H and O–H groups in total. The minimum atomic E-state index is 0.0471. The second-order valence-corrected chi connectivity index (χ2v) is 10.5. The van der Waals surface area contributed by atoms with Gasteiger partial charge in [-0.3, -0.25) is 24.8 Å². The molecule has 0 aliphatic heterocycles. The van der Waals surface area contributed by atoms with Crippen LogP contribution in [-0.4, -0.2) is 41.0 Å². The van der Waals surface area contributed by atoms with Crippen LogP contribution in [0.2, 0.25) is 0 Å². The molecule has 0 radical (unpaired) electrons. The zero-order valence-corrected chi connectivity index (χ0v) is 21.9. The Hall–Kier alpha value is -4.92. The van der Waals surface area contributed by atoms with E-state index < -0.39 is 0 Å². The van der Waals surface area contributed by atoms with Crippen molar-refractivity contribution >= 4 is 33.5 Å². The maximum Gasteiger partial charge on any atom is 0.224 e. The van der Waals surface area contributed by atoms with Crippen LogP contribution in [-0.2, 0) is 4.79 Å². The maximum absolute atomic E-state index is 12.7. The lowest BCUT2D eigenvalue weighted by Gasteiger charge is -2.20. The summed E-state index contributed by atoms with van der Waals surface area (Å²) in [7, 11) is 0. The highest BCUT2D eigenvalue weighted by Gasteiger charge is 2.18. The zero-order valence-electron chi connectivity index (χ0n) is 21.9. The van der Waals surface area contributed by atoms with E-state index in [1.165, 1.54) is 19.3 Å². The number of amides is 1. The van der Waals surface area contributed by atoms with E-state index in [2.05, 4.69) is 41.5 Å². The van der Waals surface area contributed by atoms with Crippen molar-refractivity contribution in [1.82, 2.24) is 35.1 Å². The van der Waals surface area contributed by atoms with Gasteiger partial charge in [-0.2, -0.15) is 5.10 Å². The van der Waals surface area contributed by atoms with Crippen molar-refractivity contribution in [2.24, 2.45) is 5.92 Å². The molecule has 40 heavy (non-hydrogen) atoms. The van der Waals surface area contributed by atoms with Crippen molar-refractivity contribution in [1.29, 1.82) is 0 Å². The number of pyridine rings is 4. The molecular weight excluding hydrogens is 500 g/mol. The molecule has 7 rings (SSSR count). The Morgan fingerprint density at radius 1 is 0.875 bits per heavy atom. The minimum absolute atomic E-state index is 0.0471. The van der Waals surface area contributed by atoms with E-state index in [-0.39, 0.29) is 5.91 Å². The topological polar surface area (TPSA) is 125 Å². The molecule has 0 unspecified atom stereocenters.